The van der Waals surface area contributed by atoms with Gasteiger partial charge in [-0.25, -0.2) is 0 Å². The number of nitrogens with zero attached hydrogens (tertiary/aromatic N) is 2. The molecule has 24 heavy (non-hydrogen) atoms. The third-order valence-electron chi connectivity index (χ3n) is 3.60. The van der Waals surface area contributed by atoms with Crippen molar-refractivity contribution in [1.29, 1.82) is 0 Å². The number of anilines is 1. The number of hydrogen-bond donors (Lipinski definition) is 3. The first-order valence-electron chi connectivity index (χ1n) is 8.04. The number of nitrogens with two attached hydrogens (primary N) is 1. The molecule has 2 amide bonds. The SMILES string of the molecule is COc1nsc(NC(=O)CC[C@H](C)[C@H](N)C(=O)NCCC(C)C)n1. The molecule has 0 radical (unpaired) electrons. The van der Waals surface area contributed by atoms with Gasteiger partial charge in [-0.3, -0.25) is 9.59 Å². The molecule has 0 saturated carbocycles. The van der Waals surface area contributed by atoms with Gasteiger partial charge in [-0.1, -0.05) is 20.8 Å². The van der Waals surface area contributed by atoms with E-state index in [-0.39, 0.29) is 30.2 Å². The summed E-state index contributed by atoms with van der Waals surface area (Å²) in [5.41, 5.74) is 5.96. The van der Waals surface area contributed by atoms with Crippen LogP contribution in [-0.2, 0) is 9.59 Å². The number of ether oxygens (including phenoxy) is 1. The number of aromatic nitrogens is 2. The molecule has 0 bridgehead atoms. The van der Waals surface area contributed by atoms with Gasteiger partial charge in [0.05, 0.1) is 13.2 Å². The summed E-state index contributed by atoms with van der Waals surface area (Å²) in [6, 6.07) is -0.393. The molecule has 0 fully saturated rings. The average Bonchev–Trinajstić information content (AvgIpc) is 2.98. The Labute approximate surface area is 146 Å². The third kappa shape index (κ3) is 7.22. The van der Waals surface area contributed by atoms with Crippen molar-refractivity contribution in [3.63, 3.8) is 0 Å². The van der Waals surface area contributed by atoms with Crippen molar-refractivity contribution in [1.82, 2.24) is 14.7 Å². The maximum absolute atomic E-state index is 12.0. The van der Waals surface area contributed by atoms with E-state index in [4.69, 9.17) is 10.5 Å². The molecule has 136 valence electrons. The Balaban J connectivity index is 2.31. The Kier molecular flexibility index (Phi) is 8.62. The van der Waals surface area contributed by atoms with E-state index in [2.05, 4.69) is 33.8 Å². The number of rotatable bonds is 10. The number of hydrogen-bond acceptors (Lipinski definition) is 7. The third-order valence-corrected chi connectivity index (χ3v) is 4.21. The molecule has 0 aromatic carbocycles. The average molecular weight is 357 g/mol. The van der Waals surface area contributed by atoms with Crippen LogP contribution >= 0.6 is 11.5 Å². The van der Waals surface area contributed by atoms with Gasteiger partial charge in [0.2, 0.25) is 16.9 Å². The van der Waals surface area contributed by atoms with E-state index in [0.29, 0.717) is 24.0 Å². The van der Waals surface area contributed by atoms with E-state index in [1.165, 1.54) is 7.11 Å². The van der Waals surface area contributed by atoms with Crippen LogP contribution in [0.5, 0.6) is 6.01 Å². The second-order valence-corrected chi connectivity index (χ2v) is 6.90. The fourth-order valence-electron chi connectivity index (χ4n) is 1.92. The molecule has 8 nitrogen and oxygen atoms in total. The smallest absolute Gasteiger partial charge is 0.329 e. The van der Waals surface area contributed by atoms with Crippen LogP contribution in [0.1, 0.15) is 40.0 Å². The Morgan fingerprint density at radius 3 is 2.58 bits per heavy atom. The van der Waals surface area contributed by atoms with Gasteiger partial charge >= 0.3 is 6.01 Å². The highest BCUT2D eigenvalue weighted by molar-refractivity contribution is 7.10. The lowest BCUT2D eigenvalue weighted by Crippen LogP contribution is -2.45. The second-order valence-electron chi connectivity index (χ2n) is 6.15. The van der Waals surface area contributed by atoms with E-state index in [0.717, 1.165) is 18.0 Å². The quantitative estimate of drug-likeness (QED) is 0.582. The largest absolute Gasteiger partial charge is 0.466 e. The zero-order chi connectivity index (χ0) is 18.1. The molecular formula is C15H27N5O3S. The molecule has 2 atom stereocenters. The Morgan fingerprint density at radius 1 is 1.29 bits per heavy atom. The predicted molar refractivity (Wildman–Crippen MR) is 93.9 cm³/mol. The van der Waals surface area contributed by atoms with Gasteiger partial charge < -0.3 is 21.1 Å². The molecule has 1 aromatic rings. The van der Waals surface area contributed by atoms with Crippen molar-refractivity contribution in [3.8, 4) is 6.01 Å². The topological polar surface area (TPSA) is 119 Å². The Hall–Kier alpha value is -1.74. The standard InChI is InChI=1S/C15H27N5O3S/c1-9(2)7-8-17-13(22)12(16)10(3)5-6-11(21)18-15-19-14(23-4)20-24-15/h9-10,12H,5-8,16H2,1-4H3,(H,17,22)(H,18,19,20,21)/t10-,12-/m0/s1. The first-order chi connectivity index (χ1) is 11.3. The number of carbonyl (C=O) groups excluding carboxylic acids is 2. The van der Waals surface area contributed by atoms with Crippen LogP contribution in [0.2, 0.25) is 0 Å². The highest BCUT2D eigenvalue weighted by Crippen LogP contribution is 2.17. The van der Waals surface area contributed by atoms with Crippen molar-refractivity contribution < 1.29 is 14.3 Å². The van der Waals surface area contributed by atoms with Crippen LogP contribution in [-0.4, -0.2) is 40.9 Å². The zero-order valence-corrected chi connectivity index (χ0v) is 15.5. The normalized spacial score (nSPS) is 13.4. The fourth-order valence-corrected chi connectivity index (χ4v) is 2.48. The molecule has 1 rings (SSSR count). The predicted octanol–water partition coefficient (Wildman–Crippen LogP) is 1.39. The Morgan fingerprint density at radius 2 is 2.00 bits per heavy atom. The lowest BCUT2D eigenvalue weighted by molar-refractivity contribution is -0.124. The van der Waals surface area contributed by atoms with Gasteiger partial charge in [0.25, 0.3) is 0 Å². The summed E-state index contributed by atoms with van der Waals surface area (Å²) in [6.45, 7) is 6.69. The van der Waals surface area contributed by atoms with Crippen molar-refractivity contribution in [2.45, 2.75) is 46.1 Å². The summed E-state index contributed by atoms with van der Waals surface area (Å²) in [5, 5.41) is 5.88. The summed E-state index contributed by atoms with van der Waals surface area (Å²) in [7, 11) is 1.46. The van der Waals surface area contributed by atoms with Crippen LogP contribution in [0.15, 0.2) is 0 Å². The van der Waals surface area contributed by atoms with Crippen LogP contribution in [0.25, 0.3) is 0 Å². The minimum atomic E-state index is -0.619. The number of amides is 2. The van der Waals surface area contributed by atoms with E-state index in [1.54, 1.807) is 0 Å². The van der Waals surface area contributed by atoms with Crippen molar-refractivity contribution in [3.05, 3.63) is 0 Å². The molecule has 0 unspecified atom stereocenters. The molecule has 4 N–H and O–H groups in total. The van der Waals surface area contributed by atoms with E-state index >= 15 is 0 Å². The zero-order valence-electron chi connectivity index (χ0n) is 14.7. The van der Waals surface area contributed by atoms with Gasteiger partial charge in [0.15, 0.2) is 0 Å². The summed E-state index contributed by atoms with van der Waals surface area (Å²) >= 11 is 1.05. The van der Waals surface area contributed by atoms with E-state index in [1.807, 2.05) is 6.92 Å². The minimum Gasteiger partial charge on any atom is -0.466 e. The number of nitrogens with one attached hydrogen (secondary N) is 2. The molecule has 0 aliphatic heterocycles. The Bertz CT molecular complexity index is 535. The molecule has 1 heterocycles. The maximum Gasteiger partial charge on any atom is 0.329 e. The minimum absolute atomic E-state index is 0.0984. The first kappa shape index (κ1) is 20.3. The molecule has 0 aliphatic carbocycles. The lowest BCUT2D eigenvalue weighted by Gasteiger charge is -2.19. The first-order valence-corrected chi connectivity index (χ1v) is 8.81. The summed E-state index contributed by atoms with van der Waals surface area (Å²) < 4.78 is 8.75. The molecule has 9 heteroatoms. The maximum atomic E-state index is 12.0. The van der Waals surface area contributed by atoms with Crippen LogP contribution < -0.4 is 21.1 Å². The molecule has 0 saturated heterocycles. The second kappa shape index (κ2) is 10.2. The van der Waals surface area contributed by atoms with Gasteiger partial charge in [-0.2, -0.15) is 4.98 Å². The molecule has 0 aliphatic rings. The summed E-state index contributed by atoms with van der Waals surface area (Å²) in [4.78, 5) is 27.8. The van der Waals surface area contributed by atoms with E-state index < -0.39 is 6.04 Å². The summed E-state index contributed by atoms with van der Waals surface area (Å²) in [5.74, 6) is 0.0749. The van der Waals surface area contributed by atoms with Crippen molar-refractivity contribution in [2.75, 3.05) is 19.0 Å². The highest BCUT2D eigenvalue weighted by Gasteiger charge is 2.21. The van der Waals surface area contributed by atoms with Crippen molar-refractivity contribution in [2.24, 2.45) is 17.6 Å². The number of methoxy groups -OCH3 is 1. The number of carbonyl (C=O) groups is 2. The van der Waals surface area contributed by atoms with Gasteiger partial charge in [0, 0.05) is 24.5 Å². The summed E-state index contributed by atoms with van der Waals surface area (Å²) in [6.07, 6.45) is 1.69. The molecule has 1 aromatic heterocycles. The molecule has 0 spiro atoms. The fraction of sp³-hybridized carbons (Fsp3) is 0.733. The van der Waals surface area contributed by atoms with Crippen LogP contribution in [0, 0.1) is 11.8 Å². The monoisotopic (exact) mass is 357 g/mol. The molecular weight excluding hydrogens is 330 g/mol. The van der Waals surface area contributed by atoms with Crippen molar-refractivity contribution >= 4 is 28.5 Å². The van der Waals surface area contributed by atoms with Crippen LogP contribution in [0.3, 0.4) is 0 Å². The van der Waals surface area contributed by atoms with E-state index in [9.17, 15) is 9.59 Å². The van der Waals surface area contributed by atoms with Crippen LogP contribution in [0.4, 0.5) is 5.13 Å². The lowest BCUT2D eigenvalue weighted by atomic mass is 9.96. The van der Waals surface area contributed by atoms with Gasteiger partial charge in [0.1, 0.15) is 0 Å². The van der Waals surface area contributed by atoms with Gasteiger partial charge in [-0.15, -0.1) is 4.37 Å². The highest BCUT2D eigenvalue weighted by atomic mass is 32.1. The van der Waals surface area contributed by atoms with Gasteiger partial charge in [-0.05, 0) is 24.7 Å².